The number of halogens is 3. The van der Waals surface area contributed by atoms with Gasteiger partial charge in [-0.05, 0) is 17.6 Å². The maximum atomic E-state index is 12.9. The van der Waals surface area contributed by atoms with Gasteiger partial charge in [-0.15, -0.1) is 0 Å². The van der Waals surface area contributed by atoms with Crippen molar-refractivity contribution in [1.29, 1.82) is 0 Å². The molecule has 0 radical (unpaired) electrons. The molecule has 2 N–H and O–H groups in total. The SMILES string of the molecule is OB(O)c1ccc(N2CCOCC2)cc1C(F)(F)F. The summed E-state index contributed by atoms with van der Waals surface area (Å²) in [6.07, 6.45) is -4.62. The Bertz CT molecular complexity index is 447. The van der Waals surface area contributed by atoms with Crippen LogP contribution in [0.2, 0.25) is 0 Å². The summed E-state index contributed by atoms with van der Waals surface area (Å²) < 4.78 is 43.8. The first-order valence-corrected chi connectivity index (χ1v) is 5.79. The Morgan fingerprint density at radius 1 is 1.16 bits per heavy atom. The van der Waals surface area contributed by atoms with Gasteiger partial charge >= 0.3 is 13.3 Å². The van der Waals surface area contributed by atoms with Crippen LogP contribution in [0.4, 0.5) is 18.9 Å². The molecule has 1 heterocycles. The molecule has 0 spiro atoms. The molecule has 8 heteroatoms. The molecule has 0 atom stereocenters. The maximum absolute atomic E-state index is 12.9. The number of morpholine rings is 1. The number of anilines is 1. The van der Waals surface area contributed by atoms with Crippen LogP contribution in [0.1, 0.15) is 5.56 Å². The largest absolute Gasteiger partial charge is 0.489 e. The highest BCUT2D eigenvalue weighted by atomic mass is 19.4. The number of hydrogen-bond donors (Lipinski definition) is 2. The summed E-state index contributed by atoms with van der Waals surface area (Å²) in [6.45, 7) is 1.95. The number of ether oxygens (including phenoxy) is 1. The minimum Gasteiger partial charge on any atom is -0.423 e. The Morgan fingerprint density at radius 3 is 2.32 bits per heavy atom. The van der Waals surface area contributed by atoms with Crippen LogP contribution in [0.25, 0.3) is 0 Å². The van der Waals surface area contributed by atoms with E-state index in [1.807, 2.05) is 0 Å². The van der Waals surface area contributed by atoms with E-state index in [1.165, 1.54) is 6.07 Å². The van der Waals surface area contributed by atoms with Gasteiger partial charge in [-0.25, -0.2) is 0 Å². The van der Waals surface area contributed by atoms with E-state index in [0.29, 0.717) is 32.0 Å². The molecular formula is C11H13BF3NO3. The summed E-state index contributed by atoms with van der Waals surface area (Å²) in [5.74, 6) is 0. The lowest BCUT2D eigenvalue weighted by Crippen LogP contribution is -2.39. The van der Waals surface area contributed by atoms with Gasteiger partial charge in [-0.1, -0.05) is 6.07 Å². The fourth-order valence-electron chi connectivity index (χ4n) is 2.03. The van der Waals surface area contributed by atoms with Crippen LogP contribution >= 0.6 is 0 Å². The maximum Gasteiger partial charge on any atom is 0.489 e. The summed E-state index contributed by atoms with van der Waals surface area (Å²) >= 11 is 0. The quantitative estimate of drug-likeness (QED) is 0.758. The molecule has 0 saturated carbocycles. The Balaban J connectivity index is 2.37. The first-order valence-electron chi connectivity index (χ1n) is 5.79. The monoisotopic (exact) mass is 275 g/mol. The first-order chi connectivity index (χ1) is 8.89. The normalized spacial score (nSPS) is 16.6. The molecular weight excluding hydrogens is 262 g/mol. The van der Waals surface area contributed by atoms with Gasteiger partial charge in [0.1, 0.15) is 0 Å². The fourth-order valence-corrected chi connectivity index (χ4v) is 2.03. The smallest absolute Gasteiger partial charge is 0.423 e. The number of nitrogens with zero attached hydrogens (tertiary/aromatic N) is 1. The van der Waals surface area contributed by atoms with E-state index in [2.05, 4.69) is 0 Å². The van der Waals surface area contributed by atoms with Crippen molar-refractivity contribution in [3.63, 3.8) is 0 Å². The highest BCUT2D eigenvalue weighted by molar-refractivity contribution is 6.59. The van der Waals surface area contributed by atoms with E-state index in [1.54, 1.807) is 4.90 Å². The summed E-state index contributed by atoms with van der Waals surface area (Å²) in [5, 5.41) is 18.0. The lowest BCUT2D eigenvalue weighted by Gasteiger charge is -2.29. The van der Waals surface area contributed by atoms with Gasteiger partial charge in [0, 0.05) is 18.8 Å². The predicted octanol–water partition coefficient (Wildman–Crippen LogP) is 0.222. The van der Waals surface area contributed by atoms with Crippen molar-refractivity contribution in [2.45, 2.75) is 6.18 Å². The summed E-state index contributed by atoms with van der Waals surface area (Å²) in [5.41, 5.74) is -1.16. The van der Waals surface area contributed by atoms with E-state index >= 15 is 0 Å². The Labute approximate surface area is 108 Å². The van der Waals surface area contributed by atoms with Crippen molar-refractivity contribution in [2.24, 2.45) is 0 Å². The predicted molar refractivity (Wildman–Crippen MR) is 64.3 cm³/mol. The zero-order chi connectivity index (χ0) is 14.0. The van der Waals surface area contributed by atoms with Crippen LogP contribution in [0.3, 0.4) is 0 Å². The van der Waals surface area contributed by atoms with Crippen LogP contribution < -0.4 is 10.4 Å². The van der Waals surface area contributed by atoms with Crippen molar-refractivity contribution in [1.82, 2.24) is 0 Å². The van der Waals surface area contributed by atoms with Gasteiger partial charge in [0.25, 0.3) is 0 Å². The molecule has 0 aromatic heterocycles. The molecule has 2 rings (SSSR count). The number of alkyl halides is 3. The van der Waals surface area contributed by atoms with Crippen molar-refractivity contribution >= 4 is 18.3 Å². The molecule has 0 bridgehead atoms. The average Bonchev–Trinajstić information content (AvgIpc) is 2.38. The number of hydrogen-bond acceptors (Lipinski definition) is 4. The van der Waals surface area contributed by atoms with Crippen LogP contribution in [-0.4, -0.2) is 43.5 Å². The number of benzene rings is 1. The summed E-state index contributed by atoms with van der Waals surface area (Å²) in [7, 11) is -2.14. The van der Waals surface area contributed by atoms with Gasteiger partial charge in [0.15, 0.2) is 0 Å². The minimum atomic E-state index is -4.62. The van der Waals surface area contributed by atoms with E-state index in [0.717, 1.165) is 12.1 Å². The van der Waals surface area contributed by atoms with E-state index in [9.17, 15) is 13.2 Å². The summed E-state index contributed by atoms with van der Waals surface area (Å²) in [4.78, 5) is 1.77. The third kappa shape index (κ3) is 3.20. The van der Waals surface area contributed by atoms with Gasteiger partial charge in [0.05, 0.1) is 18.8 Å². The van der Waals surface area contributed by atoms with Crippen molar-refractivity contribution in [3.05, 3.63) is 23.8 Å². The van der Waals surface area contributed by atoms with Crippen LogP contribution in [0.15, 0.2) is 18.2 Å². The van der Waals surface area contributed by atoms with E-state index in [-0.39, 0.29) is 0 Å². The van der Waals surface area contributed by atoms with Crippen molar-refractivity contribution in [3.8, 4) is 0 Å². The second-order valence-electron chi connectivity index (χ2n) is 4.24. The molecule has 104 valence electrons. The molecule has 0 amide bonds. The molecule has 1 saturated heterocycles. The third-order valence-corrected chi connectivity index (χ3v) is 3.00. The first kappa shape index (κ1) is 14.2. The highest BCUT2D eigenvalue weighted by Crippen LogP contribution is 2.31. The summed E-state index contributed by atoms with van der Waals surface area (Å²) in [6, 6.07) is 3.49. The third-order valence-electron chi connectivity index (χ3n) is 3.00. The molecule has 1 fully saturated rings. The lowest BCUT2D eigenvalue weighted by atomic mass is 9.76. The van der Waals surface area contributed by atoms with Gasteiger partial charge in [-0.2, -0.15) is 13.2 Å². The average molecular weight is 275 g/mol. The van der Waals surface area contributed by atoms with Crippen LogP contribution in [-0.2, 0) is 10.9 Å². The zero-order valence-corrected chi connectivity index (χ0v) is 10.0. The molecule has 1 aromatic rings. The lowest BCUT2D eigenvalue weighted by molar-refractivity contribution is -0.136. The van der Waals surface area contributed by atoms with Crippen LogP contribution in [0, 0.1) is 0 Å². The Kier molecular flexibility index (Phi) is 4.03. The Hall–Kier alpha value is -1.25. The number of rotatable bonds is 2. The van der Waals surface area contributed by atoms with E-state index in [4.69, 9.17) is 14.8 Å². The Morgan fingerprint density at radius 2 is 1.79 bits per heavy atom. The fraction of sp³-hybridized carbons (Fsp3) is 0.455. The van der Waals surface area contributed by atoms with Gasteiger partial charge in [0.2, 0.25) is 0 Å². The molecule has 1 aliphatic heterocycles. The molecule has 4 nitrogen and oxygen atoms in total. The van der Waals surface area contributed by atoms with Crippen LogP contribution in [0.5, 0.6) is 0 Å². The van der Waals surface area contributed by atoms with Crippen molar-refractivity contribution < 1.29 is 28.0 Å². The highest BCUT2D eigenvalue weighted by Gasteiger charge is 2.36. The molecule has 0 unspecified atom stereocenters. The standard InChI is InChI=1S/C11H13BF3NO3/c13-11(14,15)9-7-8(1-2-10(9)12(17)18)16-3-5-19-6-4-16/h1-2,7,17-18H,3-6H2. The van der Waals surface area contributed by atoms with E-state index < -0.39 is 24.3 Å². The topological polar surface area (TPSA) is 52.9 Å². The minimum absolute atomic E-state index is 0.403. The molecule has 19 heavy (non-hydrogen) atoms. The molecule has 0 aliphatic carbocycles. The molecule has 1 aliphatic rings. The van der Waals surface area contributed by atoms with Gasteiger partial charge < -0.3 is 19.7 Å². The second-order valence-corrected chi connectivity index (χ2v) is 4.24. The second kappa shape index (κ2) is 5.40. The zero-order valence-electron chi connectivity index (χ0n) is 10.0. The van der Waals surface area contributed by atoms with Gasteiger partial charge in [-0.3, -0.25) is 0 Å². The molecule has 1 aromatic carbocycles. The van der Waals surface area contributed by atoms with Crippen molar-refractivity contribution in [2.75, 3.05) is 31.2 Å².